The van der Waals surface area contributed by atoms with E-state index in [0.29, 0.717) is 18.0 Å². The molecule has 0 atom stereocenters. The van der Waals surface area contributed by atoms with Crippen LogP contribution in [-0.4, -0.2) is 34.4 Å². The van der Waals surface area contributed by atoms with Crippen LogP contribution in [0.1, 0.15) is 11.1 Å². The van der Waals surface area contributed by atoms with Gasteiger partial charge in [0.15, 0.2) is 14.9 Å². The second-order valence-corrected chi connectivity index (χ2v) is 6.03. The monoisotopic (exact) mass is 306 g/mol. The van der Waals surface area contributed by atoms with Gasteiger partial charge in [-0.15, -0.1) is 0 Å². The number of aryl methyl sites for hydroxylation is 1. The van der Waals surface area contributed by atoms with Crippen molar-refractivity contribution in [3.05, 3.63) is 29.7 Å². The lowest BCUT2D eigenvalue weighted by molar-refractivity contribution is -0.137. The van der Waals surface area contributed by atoms with Crippen molar-refractivity contribution in [3.8, 4) is 5.95 Å². The molecule has 0 bridgehead atoms. The van der Waals surface area contributed by atoms with Crippen molar-refractivity contribution in [2.75, 3.05) is 6.26 Å². The number of halogens is 3. The van der Waals surface area contributed by atoms with Gasteiger partial charge in [-0.2, -0.15) is 23.3 Å². The van der Waals surface area contributed by atoms with E-state index in [0.717, 1.165) is 10.9 Å². The second kappa shape index (κ2) is 4.54. The quantitative estimate of drug-likeness (QED) is 0.784. The molecule has 0 amide bonds. The number of alkyl halides is 3. The van der Waals surface area contributed by atoms with Crippen LogP contribution in [0.3, 0.4) is 0 Å². The molecule has 6 nitrogen and oxygen atoms in total. The van der Waals surface area contributed by atoms with E-state index in [2.05, 4.69) is 15.1 Å². The number of nitrogens with zero attached hydrogens (tertiary/aromatic N) is 4. The standard InChI is InChI=1S/C10H9F3N4O2S/c1-6-3-14-9(16-8(6)20(2,18)19)17-5-7(4-15-17)10(11,12)13/h3-5H,1-2H3. The zero-order valence-corrected chi connectivity index (χ0v) is 11.2. The van der Waals surface area contributed by atoms with E-state index in [9.17, 15) is 21.6 Å². The van der Waals surface area contributed by atoms with Gasteiger partial charge in [-0.05, 0) is 6.92 Å². The van der Waals surface area contributed by atoms with Crippen LogP contribution >= 0.6 is 0 Å². The lowest BCUT2D eigenvalue weighted by Crippen LogP contribution is -2.10. The smallest absolute Gasteiger partial charge is 0.222 e. The van der Waals surface area contributed by atoms with Gasteiger partial charge in [-0.3, -0.25) is 0 Å². The van der Waals surface area contributed by atoms with Crippen LogP contribution in [0.4, 0.5) is 13.2 Å². The molecule has 0 aliphatic carbocycles. The van der Waals surface area contributed by atoms with E-state index in [4.69, 9.17) is 0 Å². The number of sulfone groups is 1. The summed E-state index contributed by atoms with van der Waals surface area (Å²) in [7, 11) is -3.60. The SMILES string of the molecule is Cc1cnc(-n2cc(C(F)(F)F)cn2)nc1S(C)(=O)=O. The first-order chi connectivity index (χ1) is 9.09. The summed E-state index contributed by atoms with van der Waals surface area (Å²) in [5.74, 6) is -0.244. The Morgan fingerprint density at radius 3 is 2.40 bits per heavy atom. The van der Waals surface area contributed by atoms with Gasteiger partial charge in [0.25, 0.3) is 5.95 Å². The third-order valence-electron chi connectivity index (χ3n) is 2.38. The zero-order valence-electron chi connectivity index (χ0n) is 10.4. The van der Waals surface area contributed by atoms with Gasteiger partial charge in [0.05, 0.1) is 11.8 Å². The first-order valence-corrected chi connectivity index (χ1v) is 7.14. The van der Waals surface area contributed by atoms with Crippen LogP contribution in [0.2, 0.25) is 0 Å². The van der Waals surface area contributed by atoms with Crippen molar-refractivity contribution in [3.63, 3.8) is 0 Å². The molecule has 2 rings (SSSR count). The summed E-state index contributed by atoms with van der Waals surface area (Å²) >= 11 is 0. The highest BCUT2D eigenvalue weighted by Gasteiger charge is 2.32. The van der Waals surface area contributed by atoms with Crippen molar-refractivity contribution in [1.29, 1.82) is 0 Å². The summed E-state index contributed by atoms with van der Waals surface area (Å²) in [5.41, 5.74) is -0.665. The zero-order chi connectivity index (χ0) is 15.1. The molecule has 0 spiro atoms. The maximum atomic E-state index is 12.5. The van der Waals surface area contributed by atoms with Crippen molar-refractivity contribution < 1.29 is 21.6 Å². The minimum atomic E-state index is -4.54. The third-order valence-corrected chi connectivity index (χ3v) is 3.49. The minimum Gasteiger partial charge on any atom is -0.222 e. The number of rotatable bonds is 2. The van der Waals surface area contributed by atoms with E-state index in [1.54, 1.807) is 0 Å². The molecule has 0 unspecified atom stereocenters. The Labute approximate surface area is 112 Å². The van der Waals surface area contributed by atoms with Crippen molar-refractivity contribution in [2.45, 2.75) is 18.1 Å². The van der Waals surface area contributed by atoms with Crippen LogP contribution in [0.5, 0.6) is 0 Å². The Hall–Kier alpha value is -1.97. The van der Waals surface area contributed by atoms with Gasteiger partial charge in [-0.25, -0.2) is 18.1 Å². The summed E-state index contributed by atoms with van der Waals surface area (Å²) in [6, 6.07) is 0. The van der Waals surface area contributed by atoms with Gasteiger partial charge in [-0.1, -0.05) is 0 Å². The average Bonchev–Trinajstić information content (AvgIpc) is 2.77. The summed E-state index contributed by atoms with van der Waals surface area (Å²) in [6.45, 7) is 1.49. The Bertz CT molecular complexity index is 752. The predicted molar refractivity (Wildman–Crippen MR) is 62.0 cm³/mol. The topological polar surface area (TPSA) is 77.7 Å². The minimum absolute atomic E-state index is 0.244. The summed E-state index contributed by atoms with van der Waals surface area (Å²) < 4.78 is 61.2. The summed E-state index contributed by atoms with van der Waals surface area (Å²) in [4.78, 5) is 7.52. The van der Waals surface area contributed by atoms with E-state index in [1.807, 2.05) is 0 Å². The van der Waals surface area contributed by atoms with Gasteiger partial charge in [0, 0.05) is 24.2 Å². The second-order valence-electron chi connectivity index (χ2n) is 4.10. The molecule has 0 fully saturated rings. The summed E-state index contributed by atoms with van der Waals surface area (Å²) in [5, 5.41) is 3.24. The number of hydrogen-bond donors (Lipinski definition) is 0. The molecule has 0 aliphatic heterocycles. The molecule has 0 saturated heterocycles. The Morgan fingerprint density at radius 1 is 1.25 bits per heavy atom. The number of aromatic nitrogens is 4. The van der Waals surface area contributed by atoms with E-state index >= 15 is 0 Å². The Morgan fingerprint density at radius 2 is 1.90 bits per heavy atom. The van der Waals surface area contributed by atoms with Crippen molar-refractivity contribution >= 4 is 9.84 Å². The largest absolute Gasteiger partial charge is 0.419 e. The molecule has 0 radical (unpaired) electrons. The molecular formula is C10H9F3N4O2S. The fraction of sp³-hybridized carbons (Fsp3) is 0.300. The fourth-order valence-electron chi connectivity index (χ4n) is 1.48. The van der Waals surface area contributed by atoms with Gasteiger partial charge in [0.1, 0.15) is 0 Å². The summed E-state index contributed by atoms with van der Waals surface area (Å²) in [6.07, 6.45) is -1.06. The van der Waals surface area contributed by atoms with E-state index in [-0.39, 0.29) is 11.0 Å². The molecule has 0 aliphatic rings. The molecule has 108 valence electrons. The molecule has 0 N–H and O–H groups in total. The van der Waals surface area contributed by atoms with Crippen LogP contribution in [0.25, 0.3) is 5.95 Å². The molecule has 2 aromatic rings. The third kappa shape index (κ3) is 2.79. The van der Waals surface area contributed by atoms with Gasteiger partial charge in [0.2, 0.25) is 0 Å². The maximum Gasteiger partial charge on any atom is 0.419 e. The Balaban J connectivity index is 2.52. The first-order valence-electron chi connectivity index (χ1n) is 5.25. The Kier molecular flexibility index (Phi) is 3.28. The maximum absolute atomic E-state index is 12.5. The number of hydrogen-bond acceptors (Lipinski definition) is 5. The molecular weight excluding hydrogens is 297 g/mol. The highest BCUT2D eigenvalue weighted by molar-refractivity contribution is 7.90. The van der Waals surface area contributed by atoms with Gasteiger partial charge >= 0.3 is 6.18 Å². The van der Waals surface area contributed by atoms with Crippen LogP contribution in [-0.2, 0) is 16.0 Å². The predicted octanol–water partition coefficient (Wildman–Crippen LogP) is 1.39. The fourth-order valence-corrected chi connectivity index (χ4v) is 2.37. The average molecular weight is 306 g/mol. The highest BCUT2D eigenvalue weighted by Crippen LogP contribution is 2.28. The van der Waals surface area contributed by atoms with Gasteiger partial charge < -0.3 is 0 Å². The lowest BCUT2D eigenvalue weighted by Gasteiger charge is -2.05. The molecule has 10 heteroatoms. The lowest BCUT2D eigenvalue weighted by atomic mass is 10.4. The first kappa shape index (κ1) is 14.4. The van der Waals surface area contributed by atoms with Crippen LogP contribution < -0.4 is 0 Å². The molecule has 2 aromatic heterocycles. The van der Waals surface area contributed by atoms with E-state index in [1.165, 1.54) is 13.1 Å². The normalized spacial score (nSPS) is 12.7. The molecule has 20 heavy (non-hydrogen) atoms. The molecule has 2 heterocycles. The molecule has 0 saturated carbocycles. The van der Waals surface area contributed by atoms with Crippen molar-refractivity contribution in [2.24, 2.45) is 0 Å². The highest BCUT2D eigenvalue weighted by atomic mass is 32.2. The van der Waals surface area contributed by atoms with Crippen LogP contribution in [0.15, 0.2) is 23.6 Å². The van der Waals surface area contributed by atoms with Crippen LogP contribution in [0, 0.1) is 6.92 Å². The van der Waals surface area contributed by atoms with Crippen molar-refractivity contribution in [1.82, 2.24) is 19.7 Å². The van der Waals surface area contributed by atoms with E-state index < -0.39 is 21.6 Å². The molecule has 0 aromatic carbocycles.